The van der Waals surface area contributed by atoms with Gasteiger partial charge in [0.2, 0.25) is 11.8 Å². The lowest BCUT2D eigenvalue weighted by Crippen LogP contribution is -2.32. The predicted molar refractivity (Wildman–Crippen MR) is 90.3 cm³/mol. The molecule has 3 heterocycles. The molecule has 2 aliphatic heterocycles. The standard InChI is InChI=1S/C18H17ClF3NO4/c1-7-9(5-4-8(19)11(7)18(20,21)22)23-14(25)12-13(15(23)26)17(3)10(24)6-16(12,2)27-17/h4-5,10,24-26H,6H2,1-3H3/t10-,16+,17-/m0/s1. The Bertz CT molecular complexity index is 986. The molecule has 0 amide bonds. The molecule has 146 valence electrons. The summed E-state index contributed by atoms with van der Waals surface area (Å²) in [7, 11) is 0. The number of hydrogen-bond donors (Lipinski definition) is 3. The van der Waals surface area contributed by atoms with Crippen LogP contribution in [0.15, 0.2) is 12.1 Å². The van der Waals surface area contributed by atoms with E-state index in [4.69, 9.17) is 16.3 Å². The largest absolute Gasteiger partial charge is 0.494 e. The Morgan fingerprint density at radius 2 is 1.78 bits per heavy atom. The molecule has 4 rings (SSSR count). The van der Waals surface area contributed by atoms with Crippen molar-refractivity contribution in [3.63, 3.8) is 0 Å². The molecule has 3 atom stereocenters. The van der Waals surface area contributed by atoms with E-state index in [1.807, 2.05) is 0 Å². The molecule has 1 aromatic carbocycles. The molecule has 2 aliphatic rings. The second-order valence-electron chi connectivity index (χ2n) is 7.46. The Hall–Kier alpha value is -1.90. The topological polar surface area (TPSA) is 74.9 Å². The van der Waals surface area contributed by atoms with Crippen molar-refractivity contribution in [1.29, 1.82) is 0 Å². The predicted octanol–water partition coefficient (Wildman–Crippen LogP) is 4.09. The molecule has 0 saturated carbocycles. The first-order valence-corrected chi connectivity index (χ1v) is 8.63. The van der Waals surface area contributed by atoms with Crippen LogP contribution in [-0.2, 0) is 22.1 Å². The van der Waals surface area contributed by atoms with Crippen LogP contribution < -0.4 is 0 Å². The zero-order valence-electron chi connectivity index (χ0n) is 14.6. The van der Waals surface area contributed by atoms with Gasteiger partial charge in [0, 0.05) is 6.42 Å². The molecule has 1 aromatic heterocycles. The monoisotopic (exact) mass is 403 g/mol. The van der Waals surface area contributed by atoms with Crippen molar-refractivity contribution < 1.29 is 33.2 Å². The van der Waals surface area contributed by atoms with Crippen LogP contribution in [0, 0.1) is 6.92 Å². The van der Waals surface area contributed by atoms with Crippen molar-refractivity contribution >= 4 is 11.6 Å². The Kier molecular flexibility index (Phi) is 3.50. The van der Waals surface area contributed by atoms with Crippen molar-refractivity contribution in [2.75, 3.05) is 0 Å². The third-order valence-electron chi connectivity index (χ3n) is 5.71. The minimum atomic E-state index is -4.70. The number of ether oxygens (including phenoxy) is 1. The molecule has 27 heavy (non-hydrogen) atoms. The number of halogens is 4. The molecule has 2 aromatic rings. The fourth-order valence-corrected chi connectivity index (χ4v) is 4.83. The van der Waals surface area contributed by atoms with Crippen LogP contribution in [0.2, 0.25) is 5.02 Å². The maximum Gasteiger partial charge on any atom is 0.418 e. The molecule has 1 fully saturated rings. The second kappa shape index (κ2) is 5.12. The van der Waals surface area contributed by atoms with Gasteiger partial charge in [0.25, 0.3) is 0 Å². The number of aromatic nitrogens is 1. The van der Waals surface area contributed by atoms with Crippen molar-refractivity contribution in [3.8, 4) is 17.4 Å². The van der Waals surface area contributed by atoms with Gasteiger partial charge in [-0.25, -0.2) is 0 Å². The van der Waals surface area contributed by atoms with Crippen LogP contribution in [0.5, 0.6) is 11.8 Å². The van der Waals surface area contributed by atoms with Gasteiger partial charge in [-0.2, -0.15) is 13.2 Å². The molecular formula is C18H17ClF3NO4. The number of rotatable bonds is 1. The first kappa shape index (κ1) is 18.5. The van der Waals surface area contributed by atoms with Crippen LogP contribution >= 0.6 is 11.6 Å². The highest BCUT2D eigenvalue weighted by Gasteiger charge is 2.64. The maximum atomic E-state index is 13.4. The van der Waals surface area contributed by atoms with Gasteiger partial charge in [-0.3, -0.25) is 4.57 Å². The zero-order valence-corrected chi connectivity index (χ0v) is 15.4. The minimum Gasteiger partial charge on any atom is -0.494 e. The Morgan fingerprint density at radius 3 is 2.37 bits per heavy atom. The van der Waals surface area contributed by atoms with Crippen LogP contribution in [0.25, 0.3) is 5.69 Å². The van der Waals surface area contributed by atoms with Crippen molar-refractivity contribution in [3.05, 3.63) is 39.4 Å². The van der Waals surface area contributed by atoms with E-state index < -0.39 is 45.8 Å². The fraction of sp³-hybridized carbons (Fsp3) is 0.444. The highest BCUT2D eigenvalue weighted by molar-refractivity contribution is 6.31. The van der Waals surface area contributed by atoms with Crippen LogP contribution in [0.4, 0.5) is 13.2 Å². The summed E-state index contributed by atoms with van der Waals surface area (Å²) in [6, 6.07) is 2.37. The van der Waals surface area contributed by atoms with Gasteiger partial charge in [0.15, 0.2) is 0 Å². The number of aliphatic hydroxyl groups is 1. The first-order valence-electron chi connectivity index (χ1n) is 8.25. The summed E-state index contributed by atoms with van der Waals surface area (Å²) in [5.74, 6) is -0.884. The molecule has 2 bridgehead atoms. The summed E-state index contributed by atoms with van der Waals surface area (Å²) in [6.45, 7) is 4.46. The van der Waals surface area contributed by atoms with E-state index in [0.717, 1.165) is 10.6 Å². The zero-order chi connectivity index (χ0) is 20.1. The van der Waals surface area contributed by atoms with E-state index in [-0.39, 0.29) is 28.8 Å². The summed E-state index contributed by atoms with van der Waals surface area (Å²) in [4.78, 5) is 0. The Labute approximate surface area is 157 Å². The summed E-state index contributed by atoms with van der Waals surface area (Å²) in [6.07, 6.45) is -5.43. The summed E-state index contributed by atoms with van der Waals surface area (Å²) in [5, 5.41) is 31.4. The van der Waals surface area contributed by atoms with Gasteiger partial charge < -0.3 is 20.1 Å². The van der Waals surface area contributed by atoms with E-state index in [1.54, 1.807) is 13.8 Å². The molecule has 0 aliphatic carbocycles. The Balaban J connectivity index is 2.02. The second-order valence-corrected chi connectivity index (χ2v) is 7.86. The molecule has 1 saturated heterocycles. The molecule has 0 unspecified atom stereocenters. The van der Waals surface area contributed by atoms with Gasteiger partial charge >= 0.3 is 6.18 Å². The summed E-state index contributed by atoms with van der Waals surface area (Å²) < 4.78 is 47.0. The number of nitrogens with zero attached hydrogens (tertiary/aromatic N) is 1. The third kappa shape index (κ3) is 2.14. The minimum absolute atomic E-state index is 0.0581. The average Bonchev–Trinajstić information content (AvgIpc) is 3.01. The van der Waals surface area contributed by atoms with Gasteiger partial charge in [-0.15, -0.1) is 0 Å². The smallest absolute Gasteiger partial charge is 0.418 e. The number of hydrogen-bond acceptors (Lipinski definition) is 4. The maximum absolute atomic E-state index is 13.4. The summed E-state index contributed by atoms with van der Waals surface area (Å²) >= 11 is 5.74. The molecule has 0 spiro atoms. The normalized spacial score (nSPS) is 29.4. The first-order chi connectivity index (χ1) is 12.3. The molecular weight excluding hydrogens is 387 g/mol. The number of fused-ring (bicyclic) bond motifs is 5. The van der Waals surface area contributed by atoms with Crippen molar-refractivity contribution in [1.82, 2.24) is 4.57 Å². The van der Waals surface area contributed by atoms with Gasteiger partial charge in [-0.1, -0.05) is 11.6 Å². The lowest BCUT2D eigenvalue weighted by atomic mass is 9.78. The fourth-order valence-electron chi connectivity index (χ4n) is 4.52. The van der Waals surface area contributed by atoms with Crippen molar-refractivity contribution in [2.24, 2.45) is 0 Å². The molecule has 9 heteroatoms. The summed E-state index contributed by atoms with van der Waals surface area (Å²) in [5.41, 5.74) is -3.19. The Morgan fingerprint density at radius 1 is 1.19 bits per heavy atom. The molecule has 0 radical (unpaired) electrons. The van der Waals surface area contributed by atoms with E-state index in [1.165, 1.54) is 13.0 Å². The van der Waals surface area contributed by atoms with E-state index in [0.29, 0.717) is 0 Å². The van der Waals surface area contributed by atoms with Crippen LogP contribution in [-0.4, -0.2) is 26.0 Å². The number of aromatic hydroxyl groups is 2. The van der Waals surface area contributed by atoms with E-state index >= 15 is 0 Å². The van der Waals surface area contributed by atoms with Gasteiger partial charge in [0.05, 0.1) is 39.1 Å². The highest BCUT2D eigenvalue weighted by atomic mass is 35.5. The quantitative estimate of drug-likeness (QED) is 0.670. The van der Waals surface area contributed by atoms with Gasteiger partial charge in [-0.05, 0) is 38.5 Å². The van der Waals surface area contributed by atoms with Crippen LogP contribution in [0.3, 0.4) is 0 Å². The SMILES string of the molecule is Cc1c(-n2c(O)c3c(c2O)[C@@]2(C)O[C@]3(C)C[C@@H]2O)ccc(Cl)c1C(F)(F)F. The lowest BCUT2D eigenvalue weighted by Gasteiger charge is -2.25. The number of aliphatic hydroxyl groups excluding tert-OH is 1. The number of benzene rings is 1. The molecule has 3 N–H and O–H groups in total. The van der Waals surface area contributed by atoms with Crippen LogP contribution in [0.1, 0.15) is 42.5 Å². The van der Waals surface area contributed by atoms with Crippen molar-refractivity contribution in [2.45, 2.75) is 50.7 Å². The highest BCUT2D eigenvalue weighted by Crippen LogP contribution is 2.64. The third-order valence-corrected chi connectivity index (χ3v) is 6.03. The van der Waals surface area contributed by atoms with E-state index in [9.17, 15) is 28.5 Å². The molecule has 5 nitrogen and oxygen atoms in total. The van der Waals surface area contributed by atoms with Gasteiger partial charge in [0.1, 0.15) is 5.60 Å². The lowest BCUT2D eigenvalue weighted by molar-refractivity contribution is -0.137. The van der Waals surface area contributed by atoms with E-state index in [2.05, 4.69) is 0 Å². The average molecular weight is 404 g/mol. The number of alkyl halides is 3.